The molecule has 2 atom stereocenters. The fraction of sp³-hybridized carbons (Fsp3) is 0.500. The highest BCUT2D eigenvalue weighted by molar-refractivity contribution is 5.31. The molecule has 1 aromatic rings. The van der Waals surface area contributed by atoms with Crippen molar-refractivity contribution in [1.82, 2.24) is 0 Å². The van der Waals surface area contributed by atoms with E-state index in [0.717, 1.165) is 12.8 Å². The Balaban J connectivity index is 2.30. The maximum atomic E-state index is 9.69. The summed E-state index contributed by atoms with van der Waals surface area (Å²) < 4.78 is 0. The molecule has 0 bridgehead atoms. The van der Waals surface area contributed by atoms with Crippen LogP contribution in [0.3, 0.4) is 0 Å². The Bertz CT molecular complexity index is 301. The van der Waals surface area contributed by atoms with Gasteiger partial charge in [0.05, 0.1) is 6.10 Å². The van der Waals surface area contributed by atoms with Gasteiger partial charge in [-0.2, -0.15) is 0 Å². The number of aliphatic hydroxyl groups is 1. The normalized spacial score (nSPS) is 32.7. The van der Waals surface area contributed by atoms with Crippen LogP contribution in [0, 0.1) is 6.92 Å². The first kappa shape index (κ1) is 8.76. The molecule has 0 radical (unpaired) electrons. The molecule has 1 aliphatic carbocycles. The second-order valence-electron chi connectivity index (χ2n) is 4.34. The highest BCUT2D eigenvalue weighted by Gasteiger charge is 2.42. The first-order valence-corrected chi connectivity index (χ1v) is 4.88. The van der Waals surface area contributed by atoms with Gasteiger partial charge < -0.3 is 5.11 Å². The molecule has 1 N–H and O–H groups in total. The summed E-state index contributed by atoms with van der Waals surface area (Å²) in [7, 11) is 0. The van der Waals surface area contributed by atoms with Crippen LogP contribution in [0.1, 0.15) is 30.9 Å². The predicted octanol–water partition coefficient (Wildman–Crippen LogP) is 2.41. The zero-order chi connectivity index (χ0) is 9.47. The van der Waals surface area contributed by atoms with E-state index in [0.29, 0.717) is 0 Å². The topological polar surface area (TPSA) is 20.2 Å². The molecule has 1 aromatic carbocycles. The monoisotopic (exact) mass is 176 g/mol. The molecule has 1 fully saturated rings. The van der Waals surface area contributed by atoms with E-state index in [1.165, 1.54) is 11.1 Å². The van der Waals surface area contributed by atoms with Gasteiger partial charge in [0.25, 0.3) is 0 Å². The molecule has 0 spiro atoms. The van der Waals surface area contributed by atoms with Crippen LogP contribution in [0.25, 0.3) is 0 Å². The van der Waals surface area contributed by atoms with Crippen LogP contribution in [0.2, 0.25) is 0 Å². The average Bonchev–Trinajstić information content (AvgIpc) is 2.15. The Morgan fingerprint density at radius 3 is 2.31 bits per heavy atom. The van der Waals surface area contributed by atoms with Crippen molar-refractivity contribution in [2.24, 2.45) is 0 Å². The van der Waals surface area contributed by atoms with E-state index < -0.39 is 0 Å². The minimum absolute atomic E-state index is 0.0215. The van der Waals surface area contributed by atoms with E-state index in [9.17, 15) is 5.11 Å². The minimum Gasteiger partial charge on any atom is -0.392 e. The predicted molar refractivity (Wildman–Crippen MR) is 53.8 cm³/mol. The van der Waals surface area contributed by atoms with Crippen molar-refractivity contribution >= 4 is 0 Å². The quantitative estimate of drug-likeness (QED) is 0.696. The Hall–Kier alpha value is -0.820. The van der Waals surface area contributed by atoms with Crippen LogP contribution >= 0.6 is 0 Å². The maximum absolute atomic E-state index is 9.69. The number of hydrogen-bond acceptors (Lipinski definition) is 1. The van der Waals surface area contributed by atoms with E-state index in [4.69, 9.17) is 0 Å². The lowest BCUT2D eigenvalue weighted by atomic mass is 9.63. The molecule has 2 rings (SSSR count). The summed E-state index contributed by atoms with van der Waals surface area (Å²) in [5, 5.41) is 9.69. The molecular weight excluding hydrogens is 160 g/mol. The number of aliphatic hydroxyl groups excluding tert-OH is 1. The van der Waals surface area contributed by atoms with E-state index in [2.05, 4.69) is 38.1 Å². The summed E-state index contributed by atoms with van der Waals surface area (Å²) in [6, 6.07) is 8.51. The fourth-order valence-electron chi connectivity index (χ4n) is 1.98. The smallest absolute Gasteiger partial charge is 0.0634 e. The zero-order valence-electron chi connectivity index (χ0n) is 8.25. The lowest BCUT2D eigenvalue weighted by Gasteiger charge is -2.44. The molecule has 0 aromatic heterocycles. The summed E-state index contributed by atoms with van der Waals surface area (Å²) >= 11 is 0. The van der Waals surface area contributed by atoms with Gasteiger partial charge in [0.2, 0.25) is 0 Å². The molecule has 70 valence electrons. The third kappa shape index (κ3) is 1.28. The molecule has 0 heterocycles. The molecule has 1 aliphatic rings. The average molecular weight is 176 g/mol. The Kier molecular flexibility index (Phi) is 1.92. The van der Waals surface area contributed by atoms with Crippen molar-refractivity contribution in [3.63, 3.8) is 0 Å². The van der Waals surface area contributed by atoms with Crippen LogP contribution < -0.4 is 0 Å². The maximum Gasteiger partial charge on any atom is 0.0634 e. The van der Waals surface area contributed by atoms with Gasteiger partial charge in [-0.3, -0.25) is 0 Å². The molecule has 0 unspecified atom stereocenters. The van der Waals surface area contributed by atoms with E-state index in [-0.39, 0.29) is 11.5 Å². The van der Waals surface area contributed by atoms with E-state index in [1.807, 2.05) is 0 Å². The molecule has 0 aliphatic heterocycles. The Morgan fingerprint density at radius 1 is 1.31 bits per heavy atom. The van der Waals surface area contributed by atoms with Gasteiger partial charge in [-0.25, -0.2) is 0 Å². The highest BCUT2D eigenvalue weighted by Crippen LogP contribution is 2.43. The van der Waals surface area contributed by atoms with Crippen molar-refractivity contribution in [3.05, 3.63) is 35.4 Å². The summed E-state index contributed by atoms with van der Waals surface area (Å²) in [6.45, 7) is 4.23. The van der Waals surface area contributed by atoms with Gasteiger partial charge in [0.1, 0.15) is 0 Å². The van der Waals surface area contributed by atoms with Gasteiger partial charge in [-0.05, 0) is 25.3 Å². The molecule has 1 nitrogen and oxygen atoms in total. The fourth-order valence-corrected chi connectivity index (χ4v) is 1.98. The molecule has 0 amide bonds. The largest absolute Gasteiger partial charge is 0.392 e. The van der Waals surface area contributed by atoms with E-state index in [1.54, 1.807) is 0 Å². The third-order valence-corrected chi connectivity index (χ3v) is 3.38. The summed E-state index contributed by atoms with van der Waals surface area (Å²) in [5.41, 5.74) is 2.58. The van der Waals surface area contributed by atoms with Gasteiger partial charge in [-0.1, -0.05) is 36.8 Å². The third-order valence-electron chi connectivity index (χ3n) is 3.38. The van der Waals surface area contributed by atoms with Gasteiger partial charge in [-0.15, -0.1) is 0 Å². The Labute approximate surface area is 79.4 Å². The number of hydrogen-bond donors (Lipinski definition) is 1. The van der Waals surface area contributed by atoms with Gasteiger partial charge >= 0.3 is 0 Å². The number of aryl methyl sites for hydroxylation is 1. The van der Waals surface area contributed by atoms with Crippen LogP contribution in [-0.4, -0.2) is 11.2 Å². The van der Waals surface area contributed by atoms with Gasteiger partial charge in [0, 0.05) is 5.41 Å². The second-order valence-corrected chi connectivity index (χ2v) is 4.34. The zero-order valence-corrected chi connectivity index (χ0v) is 8.25. The van der Waals surface area contributed by atoms with Crippen LogP contribution in [0.5, 0.6) is 0 Å². The van der Waals surface area contributed by atoms with Crippen LogP contribution in [0.15, 0.2) is 24.3 Å². The number of rotatable bonds is 1. The van der Waals surface area contributed by atoms with Crippen molar-refractivity contribution in [1.29, 1.82) is 0 Å². The highest BCUT2D eigenvalue weighted by atomic mass is 16.3. The summed E-state index contributed by atoms with van der Waals surface area (Å²) in [5.74, 6) is 0. The second kappa shape index (κ2) is 2.85. The van der Waals surface area contributed by atoms with Crippen molar-refractivity contribution in [3.8, 4) is 0 Å². The van der Waals surface area contributed by atoms with Crippen LogP contribution in [-0.2, 0) is 5.41 Å². The van der Waals surface area contributed by atoms with Crippen molar-refractivity contribution in [2.45, 2.75) is 38.2 Å². The summed E-state index contributed by atoms with van der Waals surface area (Å²) in [4.78, 5) is 0. The molecule has 0 saturated heterocycles. The van der Waals surface area contributed by atoms with Gasteiger partial charge in [0.15, 0.2) is 0 Å². The summed E-state index contributed by atoms with van der Waals surface area (Å²) in [6.07, 6.45) is 1.91. The number of benzene rings is 1. The minimum atomic E-state index is -0.143. The Morgan fingerprint density at radius 2 is 1.92 bits per heavy atom. The first-order valence-electron chi connectivity index (χ1n) is 4.88. The SMILES string of the molecule is Cc1ccc([C@]2(C)CC[C@H]2O)cc1. The standard InChI is InChI=1S/C12H16O/c1-9-3-5-10(6-4-9)12(2)8-7-11(12)13/h3-6,11,13H,7-8H2,1-2H3/t11-,12+/m1/s1. The van der Waals surface area contributed by atoms with Crippen molar-refractivity contribution in [2.75, 3.05) is 0 Å². The van der Waals surface area contributed by atoms with Crippen molar-refractivity contribution < 1.29 is 5.11 Å². The van der Waals surface area contributed by atoms with Crippen LogP contribution in [0.4, 0.5) is 0 Å². The molecular formula is C12H16O. The lowest BCUT2D eigenvalue weighted by Crippen LogP contribution is -2.46. The molecule has 1 saturated carbocycles. The molecule has 13 heavy (non-hydrogen) atoms. The lowest BCUT2D eigenvalue weighted by molar-refractivity contribution is 0.00421. The van der Waals surface area contributed by atoms with E-state index >= 15 is 0 Å². The molecule has 1 heteroatoms. The first-order chi connectivity index (χ1) is 6.13.